The summed E-state index contributed by atoms with van der Waals surface area (Å²) in [6, 6.07) is 8.59. The van der Waals surface area contributed by atoms with Gasteiger partial charge in [-0.25, -0.2) is 4.85 Å². The van der Waals surface area contributed by atoms with Gasteiger partial charge in [-0.2, -0.15) is 5.10 Å². The zero-order valence-electron chi connectivity index (χ0n) is 14.5. The Morgan fingerprint density at radius 3 is 2.44 bits per heavy atom. The second-order valence-corrected chi connectivity index (χ2v) is 6.45. The van der Waals surface area contributed by atoms with Crippen molar-refractivity contribution in [1.82, 2.24) is 10.2 Å². The molecule has 25 heavy (non-hydrogen) atoms. The summed E-state index contributed by atoms with van der Waals surface area (Å²) >= 11 is 0. The SMILES string of the molecule is [C-]#[N+]c1c(N=N/C(C(C)=O)=C(\O)c2ccccc2)n[nH]c1C(C)(C)C. The van der Waals surface area contributed by atoms with E-state index in [-0.39, 0.29) is 28.4 Å². The highest BCUT2D eigenvalue weighted by molar-refractivity contribution is 5.99. The van der Waals surface area contributed by atoms with Gasteiger partial charge in [0.1, 0.15) is 0 Å². The average Bonchev–Trinajstić information content (AvgIpc) is 2.98. The number of benzene rings is 1. The molecule has 7 heteroatoms. The predicted octanol–water partition coefficient (Wildman–Crippen LogP) is 4.86. The largest absolute Gasteiger partial charge is 0.505 e. The van der Waals surface area contributed by atoms with Crippen molar-refractivity contribution in [3.05, 3.63) is 58.7 Å². The molecule has 1 aromatic carbocycles. The molecule has 0 unspecified atom stereocenters. The average molecular weight is 337 g/mol. The molecule has 0 amide bonds. The number of aliphatic hydroxyl groups excluding tert-OH is 1. The Kier molecular flexibility index (Phi) is 5.13. The number of Topliss-reactive ketones (excluding diaryl/α,β-unsaturated/α-hetero) is 1. The lowest BCUT2D eigenvalue weighted by Crippen LogP contribution is -2.11. The van der Waals surface area contributed by atoms with E-state index in [9.17, 15) is 9.90 Å². The van der Waals surface area contributed by atoms with Crippen molar-refractivity contribution in [2.24, 2.45) is 10.2 Å². The van der Waals surface area contributed by atoms with E-state index >= 15 is 0 Å². The summed E-state index contributed by atoms with van der Waals surface area (Å²) in [7, 11) is 0. The molecular weight excluding hydrogens is 318 g/mol. The number of hydrogen-bond donors (Lipinski definition) is 2. The number of ketones is 1. The van der Waals surface area contributed by atoms with E-state index in [1.807, 2.05) is 20.8 Å². The molecule has 2 N–H and O–H groups in total. The minimum Gasteiger partial charge on any atom is -0.505 e. The molecule has 128 valence electrons. The van der Waals surface area contributed by atoms with Gasteiger partial charge in [0.05, 0.1) is 6.57 Å². The van der Waals surface area contributed by atoms with Gasteiger partial charge in [0.2, 0.25) is 5.82 Å². The summed E-state index contributed by atoms with van der Waals surface area (Å²) in [5, 5.41) is 24.9. The molecule has 0 bridgehead atoms. The van der Waals surface area contributed by atoms with Gasteiger partial charge in [0.15, 0.2) is 17.2 Å². The number of H-pyrrole nitrogens is 1. The van der Waals surface area contributed by atoms with Crippen LogP contribution in [0.1, 0.15) is 39.0 Å². The van der Waals surface area contributed by atoms with E-state index in [0.29, 0.717) is 11.3 Å². The minimum atomic E-state index is -0.443. The number of allylic oxidation sites excluding steroid dienone is 1. The van der Waals surface area contributed by atoms with Gasteiger partial charge in [-0.3, -0.25) is 9.89 Å². The Hall–Kier alpha value is -3.27. The first-order valence-electron chi connectivity index (χ1n) is 7.63. The number of aromatic nitrogens is 2. The monoisotopic (exact) mass is 337 g/mol. The summed E-state index contributed by atoms with van der Waals surface area (Å²) in [6.45, 7) is 14.5. The zero-order chi connectivity index (χ0) is 18.6. The van der Waals surface area contributed by atoms with Crippen LogP contribution in [-0.2, 0) is 10.2 Å². The fourth-order valence-corrected chi connectivity index (χ4v) is 2.14. The van der Waals surface area contributed by atoms with Gasteiger partial charge < -0.3 is 5.11 Å². The van der Waals surface area contributed by atoms with Crippen LogP contribution in [0.15, 0.2) is 46.3 Å². The lowest BCUT2D eigenvalue weighted by molar-refractivity contribution is -0.113. The number of rotatable bonds is 4. The van der Waals surface area contributed by atoms with Crippen molar-refractivity contribution < 1.29 is 9.90 Å². The first kappa shape index (κ1) is 18.1. The quantitative estimate of drug-likeness (QED) is 0.361. The molecule has 0 spiro atoms. The molecule has 1 aromatic heterocycles. The topological polar surface area (TPSA) is 95.1 Å². The van der Waals surface area contributed by atoms with E-state index in [1.165, 1.54) is 6.92 Å². The van der Waals surface area contributed by atoms with Gasteiger partial charge in [-0.05, 0) is 5.41 Å². The number of carbonyl (C=O) groups is 1. The van der Waals surface area contributed by atoms with Crippen molar-refractivity contribution in [3.63, 3.8) is 0 Å². The lowest BCUT2D eigenvalue weighted by atomic mass is 9.91. The molecule has 0 aliphatic rings. The molecule has 0 fully saturated rings. The molecule has 0 aliphatic carbocycles. The number of carbonyl (C=O) groups excluding carboxylic acids is 1. The van der Waals surface area contributed by atoms with Crippen molar-refractivity contribution in [2.75, 3.05) is 0 Å². The zero-order valence-corrected chi connectivity index (χ0v) is 14.5. The van der Waals surface area contributed by atoms with Crippen LogP contribution in [-0.4, -0.2) is 21.1 Å². The molecule has 0 saturated heterocycles. The highest BCUT2D eigenvalue weighted by Crippen LogP contribution is 2.37. The molecule has 0 radical (unpaired) electrons. The standard InChI is InChI=1S/C18H19N5O2/c1-11(24)13(15(25)12-9-7-6-8-10-12)20-22-17-14(19-5)16(21-23-17)18(2,3)4/h6-10,25H,1-4H3,(H,21,23)/b15-13-,22-20?. The van der Waals surface area contributed by atoms with Crippen LogP contribution >= 0.6 is 0 Å². The van der Waals surface area contributed by atoms with Crippen LogP contribution in [0, 0.1) is 6.57 Å². The number of aromatic amines is 1. The fraction of sp³-hybridized carbons (Fsp3) is 0.278. The van der Waals surface area contributed by atoms with Crippen LogP contribution in [0.25, 0.3) is 10.6 Å². The minimum absolute atomic E-state index is 0.0829. The van der Waals surface area contributed by atoms with Gasteiger partial charge in [0, 0.05) is 18.2 Å². The van der Waals surface area contributed by atoms with Crippen LogP contribution in [0.5, 0.6) is 0 Å². The van der Waals surface area contributed by atoms with Crippen molar-refractivity contribution >= 4 is 23.0 Å². The first-order chi connectivity index (χ1) is 11.8. The van der Waals surface area contributed by atoms with E-state index in [1.54, 1.807) is 30.3 Å². The number of nitrogens with one attached hydrogen (secondary N) is 1. The Morgan fingerprint density at radius 1 is 1.28 bits per heavy atom. The highest BCUT2D eigenvalue weighted by atomic mass is 16.3. The Labute approximate surface area is 145 Å². The summed E-state index contributed by atoms with van der Waals surface area (Å²) in [4.78, 5) is 15.3. The molecule has 1 heterocycles. The van der Waals surface area contributed by atoms with E-state index < -0.39 is 5.78 Å². The predicted molar refractivity (Wildman–Crippen MR) is 94.7 cm³/mol. The van der Waals surface area contributed by atoms with E-state index in [0.717, 1.165) is 0 Å². The molecular formula is C18H19N5O2. The van der Waals surface area contributed by atoms with Gasteiger partial charge in [-0.1, -0.05) is 51.1 Å². The second kappa shape index (κ2) is 7.09. The Morgan fingerprint density at radius 2 is 1.92 bits per heavy atom. The third kappa shape index (κ3) is 3.98. The maximum absolute atomic E-state index is 11.8. The maximum atomic E-state index is 11.8. The smallest absolute Gasteiger partial charge is 0.255 e. The third-order valence-electron chi connectivity index (χ3n) is 3.43. The summed E-state index contributed by atoms with van der Waals surface area (Å²) in [5.41, 5.74) is 0.832. The molecule has 0 atom stereocenters. The summed E-state index contributed by atoms with van der Waals surface area (Å²) in [6.07, 6.45) is 0. The van der Waals surface area contributed by atoms with Gasteiger partial charge >= 0.3 is 0 Å². The first-order valence-corrected chi connectivity index (χ1v) is 7.63. The van der Waals surface area contributed by atoms with E-state index in [4.69, 9.17) is 6.57 Å². The normalized spacial score (nSPS) is 12.8. The Balaban J connectivity index is 2.48. The van der Waals surface area contributed by atoms with Crippen molar-refractivity contribution in [2.45, 2.75) is 33.1 Å². The summed E-state index contributed by atoms with van der Waals surface area (Å²) < 4.78 is 0. The van der Waals surface area contributed by atoms with Gasteiger partial charge in [0.25, 0.3) is 5.69 Å². The van der Waals surface area contributed by atoms with Crippen LogP contribution in [0.4, 0.5) is 11.5 Å². The molecule has 0 aliphatic heterocycles. The molecule has 2 aromatic rings. The van der Waals surface area contributed by atoms with Gasteiger partial charge in [-0.15, -0.1) is 10.2 Å². The molecule has 2 rings (SSSR count). The third-order valence-corrected chi connectivity index (χ3v) is 3.43. The molecule has 7 nitrogen and oxygen atoms in total. The lowest BCUT2D eigenvalue weighted by Gasteiger charge is -2.16. The van der Waals surface area contributed by atoms with Crippen LogP contribution in [0.3, 0.4) is 0 Å². The number of nitrogens with zero attached hydrogens (tertiary/aromatic N) is 4. The maximum Gasteiger partial charge on any atom is 0.255 e. The number of hydrogen-bond acceptors (Lipinski definition) is 5. The number of azo groups is 1. The van der Waals surface area contributed by atoms with E-state index in [2.05, 4.69) is 25.3 Å². The van der Waals surface area contributed by atoms with Crippen LogP contribution in [0.2, 0.25) is 0 Å². The fourth-order valence-electron chi connectivity index (χ4n) is 2.14. The molecule has 0 saturated carbocycles. The van der Waals surface area contributed by atoms with Crippen LogP contribution < -0.4 is 0 Å². The van der Waals surface area contributed by atoms with Crippen molar-refractivity contribution in [3.8, 4) is 0 Å². The second-order valence-electron chi connectivity index (χ2n) is 6.45. The Bertz CT molecular complexity index is 880. The summed E-state index contributed by atoms with van der Waals surface area (Å²) in [5.74, 6) is -0.631. The number of aliphatic hydroxyl groups is 1. The van der Waals surface area contributed by atoms with Crippen molar-refractivity contribution in [1.29, 1.82) is 0 Å². The highest BCUT2D eigenvalue weighted by Gasteiger charge is 2.24.